The van der Waals surface area contributed by atoms with Gasteiger partial charge in [-0.15, -0.1) is 0 Å². The third-order valence-corrected chi connectivity index (χ3v) is 4.49. The molecule has 0 fully saturated rings. The van der Waals surface area contributed by atoms with E-state index in [0.717, 1.165) is 18.5 Å². The zero-order chi connectivity index (χ0) is 16.2. The predicted molar refractivity (Wildman–Crippen MR) is 93.3 cm³/mol. The first-order valence-electron chi connectivity index (χ1n) is 8.09. The van der Waals surface area contributed by atoms with Crippen LogP contribution in [0.5, 0.6) is 0 Å². The summed E-state index contributed by atoms with van der Waals surface area (Å²) >= 11 is 0. The van der Waals surface area contributed by atoms with Crippen LogP contribution < -0.4 is 16.0 Å². The van der Waals surface area contributed by atoms with Crippen LogP contribution in [0.15, 0.2) is 54.6 Å². The highest BCUT2D eigenvalue weighted by atomic mass is 16.1. The van der Waals surface area contributed by atoms with Crippen molar-refractivity contribution in [1.29, 1.82) is 0 Å². The van der Waals surface area contributed by atoms with Crippen molar-refractivity contribution in [2.75, 3.05) is 18.0 Å². The summed E-state index contributed by atoms with van der Waals surface area (Å²) in [6, 6.07) is 18.0. The summed E-state index contributed by atoms with van der Waals surface area (Å²) in [6.45, 7) is 3.91. The van der Waals surface area contributed by atoms with Crippen molar-refractivity contribution in [2.24, 2.45) is 5.73 Å². The molecule has 1 heterocycles. The number of anilines is 1. The molecule has 2 aromatic rings. The van der Waals surface area contributed by atoms with E-state index in [4.69, 9.17) is 5.73 Å². The van der Waals surface area contributed by atoms with E-state index >= 15 is 0 Å². The smallest absolute Gasteiger partial charge is 0.239 e. The molecule has 3 rings (SSSR count). The molecule has 0 spiro atoms. The topological polar surface area (TPSA) is 58.4 Å². The summed E-state index contributed by atoms with van der Waals surface area (Å²) in [4.78, 5) is 14.2. The van der Waals surface area contributed by atoms with E-state index in [1.54, 1.807) is 0 Å². The van der Waals surface area contributed by atoms with Crippen molar-refractivity contribution in [1.82, 2.24) is 5.32 Å². The maximum atomic E-state index is 11.8. The monoisotopic (exact) mass is 309 g/mol. The molecule has 1 amide bonds. The van der Waals surface area contributed by atoms with E-state index in [9.17, 15) is 4.79 Å². The predicted octanol–water partition coefficient (Wildman–Crippen LogP) is 2.25. The minimum absolute atomic E-state index is 0.296. The quantitative estimate of drug-likeness (QED) is 0.860. The van der Waals surface area contributed by atoms with Crippen LogP contribution in [0, 0.1) is 0 Å². The number of rotatable bonds is 6. The maximum Gasteiger partial charge on any atom is 0.239 e. The lowest BCUT2D eigenvalue weighted by atomic mass is 10.1. The molecule has 0 bridgehead atoms. The Hall–Kier alpha value is -2.33. The SMILES string of the molecule is C[C@@H](CN[C@H](C(N)=O)c1ccccc1)N1CCc2ccccc21. The lowest BCUT2D eigenvalue weighted by Gasteiger charge is -2.29. The standard InChI is InChI=1S/C19H23N3O/c1-14(22-12-11-15-7-5-6-10-17(15)22)13-21-18(19(20)23)16-8-3-2-4-9-16/h2-10,14,18,21H,11-13H2,1H3,(H2,20,23)/t14-,18-/m0/s1. The van der Waals surface area contributed by atoms with Crippen LogP contribution in [-0.2, 0) is 11.2 Å². The van der Waals surface area contributed by atoms with Gasteiger partial charge in [-0.2, -0.15) is 0 Å². The molecule has 4 heteroatoms. The van der Waals surface area contributed by atoms with E-state index in [-0.39, 0.29) is 5.91 Å². The molecule has 0 aromatic heterocycles. The fraction of sp³-hybridized carbons (Fsp3) is 0.316. The Bertz CT molecular complexity index is 671. The molecule has 23 heavy (non-hydrogen) atoms. The number of carbonyl (C=O) groups is 1. The zero-order valence-electron chi connectivity index (χ0n) is 13.4. The van der Waals surface area contributed by atoms with Crippen LogP contribution in [0.3, 0.4) is 0 Å². The number of benzene rings is 2. The van der Waals surface area contributed by atoms with Crippen molar-refractivity contribution in [2.45, 2.75) is 25.4 Å². The number of fused-ring (bicyclic) bond motifs is 1. The molecule has 1 aliphatic rings. The van der Waals surface area contributed by atoms with Gasteiger partial charge in [0, 0.05) is 24.8 Å². The van der Waals surface area contributed by atoms with Crippen LogP contribution in [0.2, 0.25) is 0 Å². The van der Waals surface area contributed by atoms with Gasteiger partial charge in [0.25, 0.3) is 0 Å². The van der Waals surface area contributed by atoms with E-state index in [2.05, 4.69) is 41.4 Å². The number of nitrogens with zero attached hydrogens (tertiary/aromatic N) is 1. The normalized spacial score (nSPS) is 16.0. The molecule has 2 atom stereocenters. The van der Waals surface area contributed by atoms with Crippen LogP contribution in [-0.4, -0.2) is 25.0 Å². The third-order valence-electron chi connectivity index (χ3n) is 4.49. The summed E-state index contributed by atoms with van der Waals surface area (Å²) < 4.78 is 0. The second-order valence-electron chi connectivity index (χ2n) is 6.08. The first-order chi connectivity index (χ1) is 11.2. The average Bonchev–Trinajstić information content (AvgIpc) is 2.99. The van der Waals surface area contributed by atoms with Gasteiger partial charge in [0.05, 0.1) is 0 Å². The van der Waals surface area contributed by atoms with E-state index in [1.165, 1.54) is 11.3 Å². The van der Waals surface area contributed by atoms with Gasteiger partial charge in [-0.3, -0.25) is 4.79 Å². The van der Waals surface area contributed by atoms with Crippen molar-refractivity contribution in [3.05, 3.63) is 65.7 Å². The Kier molecular flexibility index (Phi) is 4.63. The van der Waals surface area contributed by atoms with E-state index < -0.39 is 6.04 Å². The number of amides is 1. The summed E-state index contributed by atoms with van der Waals surface area (Å²) in [5.74, 6) is -0.342. The molecule has 2 aromatic carbocycles. The largest absolute Gasteiger partial charge is 0.368 e. The molecule has 3 N–H and O–H groups in total. The molecule has 0 saturated heterocycles. The highest BCUT2D eigenvalue weighted by Gasteiger charge is 2.24. The first kappa shape index (κ1) is 15.6. The Morgan fingerprint density at radius 1 is 1.17 bits per heavy atom. The second-order valence-corrected chi connectivity index (χ2v) is 6.08. The lowest BCUT2D eigenvalue weighted by molar-refractivity contribution is -0.120. The van der Waals surface area contributed by atoms with Crippen LogP contribution in [0.25, 0.3) is 0 Å². The highest BCUT2D eigenvalue weighted by Crippen LogP contribution is 2.29. The van der Waals surface area contributed by atoms with Gasteiger partial charge in [-0.05, 0) is 30.5 Å². The Labute approximate surface area is 137 Å². The molecule has 0 radical (unpaired) electrons. The number of carbonyl (C=O) groups excluding carboxylic acids is 1. The van der Waals surface area contributed by atoms with Gasteiger partial charge in [0.1, 0.15) is 6.04 Å². The maximum absolute atomic E-state index is 11.8. The first-order valence-corrected chi connectivity index (χ1v) is 8.09. The van der Waals surface area contributed by atoms with Crippen LogP contribution in [0.1, 0.15) is 24.1 Å². The van der Waals surface area contributed by atoms with Crippen molar-refractivity contribution in [3.8, 4) is 0 Å². The van der Waals surface area contributed by atoms with Crippen LogP contribution in [0.4, 0.5) is 5.69 Å². The number of hydrogen-bond acceptors (Lipinski definition) is 3. The molecule has 4 nitrogen and oxygen atoms in total. The van der Waals surface area contributed by atoms with Crippen LogP contribution >= 0.6 is 0 Å². The van der Waals surface area contributed by atoms with E-state index in [0.29, 0.717) is 12.6 Å². The van der Waals surface area contributed by atoms with E-state index in [1.807, 2.05) is 30.3 Å². The van der Waals surface area contributed by atoms with Crippen molar-refractivity contribution in [3.63, 3.8) is 0 Å². The minimum atomic E-state index is -0.448. The van der Waals surface area contributed by atoms with Crippen molar-refractivity contribution < 1.29 is 4.79 Å². The summed E-state index contributed by atoms with van der Waals surface area (Å²) in [5.41, 5.74) is 9.18. The highest BCUT2D eigenvalue weighted by molar-refractivity contribution is 5.81. The fourth-order valence-electron chi connectivity index (χ4n) is 3.25. The number of nitrogens with two attached hydrogens (primary N) is 1. The Morgan fingerprint density at radius 2 is 1.87 bits per heavy atom. The second kappa shape index (κ2) is 6.84. The van der Waals surface area contributed by atoms with Crippen molar-refractivity contribution >= 4 is 11.6 Å². The average molecular weight is 309 g/mol. The lowest BCUT2D eigenvalue weighted by Crippen LogP contribution is -2.43. The summed E-state index contributed by atoms with van der Waals surface area (Å²) in [7, 11) is 0. The van der Waals surface area contributed by atoms with Gasteiger partial charge < -0.3 is 16.0 Å². The number of nitrogens with one attached hydrogen (secondary N) is 1. The molecule has 120 valence electrons. The number of hydrogen-bond donors (Lipinski definition) is 2. The van der Waals surface area contributed by atoms with Gasteiger partial charge >= 0.3 is 0 Å². The molecule has 0 saturated carbocycles. The molecule has 0 unspecified atom stereocenters. The number of primary amides is 1. The Balaban J connectivity index is 1.66. The zero-order valence-corrected chi connectivity index (χ0v) is 13.4. The fourth-order valence-corrected chi connectivity index (χ4v) is 3.25. The summed E-state index contributed by atoms with van der Waals surface area (Å²) in [6.07, 6.45) is 1.08. The third kappa shape index (κ3) is 3.37. The molecular weight excluding hydrogens is 286 g/mol. The Morgan fingerprint density at radius 3 is 2.61 bits per heavy atom. The molecular formula is C19H23N3O. The molecule has 0 aliphatic carbocycles. The molecule has 1 aliphatic heterocycles. The minimum Gasteiger partial charge on any atom is -0.368 e. The number of para-hydroxylation sites is 1. The van der Waals surface area contributed by atoms with Gasteiger partial charge in [-0.25, -0.2) is 0 Å². The van der Waals surface area contributed by atoms with Gasteiger partial charge in [-0.1, -0.05) is 48.5 Å². The van der Waals surface area contributed by atoms with Gasteiger partial charge in [0.2, 0.25) is 5.91 Å². The van der Waals surface area contributed by atoms with Gasteiger partial charge in [0.15, 0.2) is 0 Å². The summed E-state index contributed by atoms with van der Waals surface area (Å²) in [5, 5.41) is 3.33.